The smallest absolute Gasteiger partial charge is 0.240 e. The van der Waals surface area contributed by atoms with Crippen LogP contribution < -0.4 is 10.5 Å². The molecule has 0 saturated carbocycles. The molecule has 0 spiro atoms. The SMILES string of the molecule is CC(C)C(C)(C)CNS(=O)(=O)c1ccc(CN)cc1. The summed E-state index contributed by atoms with van der Waals surface area (Å²) >= 11 is 0. The van der Waals surface area contributed by atoms with Gasteiger partial charge in [-0.3, -0.25) is 0 Å². The standard InChI is InChI=1S/C14H24N2O2S/c1-11(2)14(3,4)10-16-19(17,18)13-7-5-12(9-15)6-8-13/h5-8,11,16H,9-10,15H2,1-4H3. The van der Waals surface area contributed by atoms with Crippen molar-refractivity contribution in [1.82, 2.24) is 4.72 Å². The largest absolute Gasteiger partial charge is 0.326 e. The summed E-state index contributed by atoms with van der Waals surface area (Å²) in [6.45, 7) is 9.11. The molecule has 108 valence electrons. The van der Waals surface area contributed by atoms with Crippen molar-refractivity contribution in [3.63, 3.8) is 0 Å². The molecule has 0 radical (unpaired) electrons. The Bertz CT molecular complexity index is 505. The van der Waals surface area contributed by atoms with Crippen molar-refractivity contribution >= 4 is 10.0 Å². The second-order valence-electron chi connectivity index (χ2n) is 5.82. The predicted octanol–water partition coefficient (Wildman–Crippen LogP) is 2.11. The Morgan fingerprint density at radius 1 is 1.21 bits per heavy atom. The minimum atomic E-state index is -3.44. The molecule has 3 N–H and O–H groups in total. The van der Waals surface area contributed by atoms with E-state index in [1.807, 2.05) is 0 Å². The third-order valence-electron chi connectivity index (χ3n) is 3.75. The van der Waals surface area contributed by atoms with Crippen molar-refractivity contribution in [2.75, 3.05) is 6.54 Å². The van der Waals surface area contributed by atoms with Gasteiger partial charge in [-0.15, -0.1) is 0 Å². The average molecular weight is 284 g/mol. The summed E-state index contributed by atoms with van der Waals surface area (Å²) < 4.78 is 27.0. The van der Waals surface area contributed by atoms with Crippen LogP contribution in [0.5, 0.6) is 0 Å². The Balaban J connectivity index is 2.81. The molecule has 1 rings (SSSR count). The average Bonchev–Trinajstić information content (AvgIpc) is 2.36. The summed E-state index contributed by atoms with van der Waals surface area (Å²) in [5.74, 6) is 0.398. The van der Waals surface area contributed by atoms with Gasteiger partial charge in [-0.2, -0.15) is 0 Å². The van der Waals surface area contributed by atoms with E-state index in [9.17, 15) is 8.42 Å². The maximum atomic E-state index is 12.2. The number of hydrogen-bond donors (Lipinski definition) is 2. The highest BCUT2D eigenvalue weighted by Gasteiger charge is 2.25. The second-order valence-corrected chi connectivity index (χ2v) is 7.58. The number of hydrogen-bond acceptors (Lipinski definition) is 3. The van der Waals surface area contributed by atoms with Crippen LogP contribution in [0, 0.1) is 11.3 Å². The quantitative estimate of drug-likeness (QED) is 0.840. The zero-order valence-corrected chi connectivity index (χ0v) is 12.9. The van der Waals surface area contributed by atoms with Gasteiger partial charge in [-0.05, 0) is 29.0 Å². The molecule has 0 heterocycles. The number of rotatable bonds is 6. The Hall–Kier alpha value is -0.910. The van der Waals surface area contributed by atoms with Gasteiger partial charge in [0.05, 0.1) is 4.90 Å². The first-order valence-electron chi connectivity index (χ1n) is 6.48. The first kappa shape index (κ1) is 16.1. The Kier molecular flexibility index (Phi) is 5.12. The molecule has 5 heteroatoms. The molecule has 0 aliphatic heterocycles. The Morgan fingerprint density at radius 2 is 1.74 bits per heavy atom. The van der Waals surface area contributed by atoms with Crippen LogP contribution in [-0.2, 0) is 16.6 Å². The van der Waals surface area contributed by atoms with Crippen molar-refractivity contribution in [1.29, 1.82) is 0 Å². The van der Waals surface area contributed by atoms with Gasteiger partial charge in [0, 0.05) is 13.1 Å². The molecule has 19 heavy (non-hydrogen) atoms. The van der Waals surface area contributed by atoms with E-state index in [-0.39, 0.29) is 10.3 Å². The lowest BCUT2D eigenvalue weighted by Gasteiger charge is -2.29. The van der Waals surface area contributed by atoms with Crippen LogP contribution in [0.15, 0.2) is 29.2 Å². The van der Waals surface area contributed by atoms with E-state index >= 15 is 0 Å². The lowest BCUT2D eigenvalue weighted by molar-refractivity contribution is 0.252. The number of nitrogens with one attached hydrogen (secondary N) is 1. The van der Waals surface area contributed by atoms with Crippen LogP contribution in [-0.4, -0.2) is 15.0 Å². The molecule has 4 nitrogen and oxygen atoms in total. The van der Waals surface area contributed by atoms with Crippen LogP contribution in [0.4, 0.5) is 0 Å². The van der Waals surface area contributed by atoms with Gasteiger partial charge in [0.2, 0.25) is 10.0 Å². The fraction of sp³-hybridized carbons (Fsp3) is 0.571. The van der Waals surface area contributed by atoms with Crippen molar-refractivity contribution < 1.29 is 8.42 Å². The molecule has 1 aromatic carbocycles. The van der Waals surface area contributed by atoms with Crippen LogP contribution >= 0.6 is 0 Å². The lowest BCUT2D eigenvalue weighted by atomic mass is 9.81. The normalized spacial score (nSPS) is 12.9. The van der Waals surface area contributed by atoms with Gasteiger partial charge in [0.15, 0.2) is 0 Å². The number of sulfonamides is 1. The first-order valence-corrected chi connectivity index (χ1v) is 7.96. The highest BCUT2D eigenvalue weighted by Crippen LogP contribution is 2.25. The van der Waals surface area contributed by atoms with E-state index in [2.05, 4.69) is 32.4 Å². The molecule has 0 saturated heterocycles. The number of nitrogens with two attached hydrogens (primary N) is 1. The van der Waals surface area contributed by atoms with Crippen LogP contribution in [0.25, 0.3) is 0 Å². The highest BCUT2D eigenvalue weighted by molar-refractivity contribution is 7.89. The van der Waals surface area contributed by atoms with Crippen LogP contribution in [0.2, 0.25) is 0 Å². The van der Waals surface area contributed by atoms with E-state index in [4.69, 9.17) is 5.73 Å². The summed E-state index contributed by atoms with van der Waals surface area (Å²) in [7, 11) is -3.44. The fourth-order valence-corrected chi connectivity index (χ4v) is 2.60. The van der Waals surface area contributed by atoms with Crippen molar-refractivity contribution in [2.45, 2.75) is 39.1 Å². The van der Waals surface area contributed by atoms with E-state index in [0.717, 1.165) is 5.56 Å². The van der Waals surface area contributed by atoms with Gasteiger partial charge >= 0.3 is 0 Å². The van der Waals surface area contributed by atoms with E-state index in [1.165, 1.54) is 0 Å². The summed E-state index contributed by atoms with van der Waals surface area (Å²) in [4.78, 5) is 0.282. The second kappa shape index (κ2) is 6.03. The fourth-order valence-electron chi connectivity index (χ4n) is 1.37. The number of benzene rings is 1. The van der Waals surface area contributed by atoms with Gasteiger partial charge in [0.1, 0.15) is 0 Å². The predicted molar refractivity (Wildman–Crippen MR) is 78.1 cm³/mol. The van der Waals surface area contributed by atoms with E-state index in [0.29, 0.717) is 19.0 Å². The summed E-state index contributed by atoms with van der Waals surface area (Å²) in [5.41, 5.74) is 6.33. The van der Waals surface area contributed by atoms with Crippen molar-refractivity contribution in [3.05, 3.63) is 29.8 Å². The maximum Gasteiger partial charge on any atom is 0.240 e. The van der Waals surface area contributed by atoms with E-state index < -0.39 is 10.0 Å². The minimum Gasteiger partial charge on any atom is -0.326 e. The minimum absolute atomic E-state index is 0.0791. The van der Waals surface area contributed by atoms with E-state index in [1.54, 1.807) is 24.3 Å². The van der Waals surface area contributed by atoms with Gasteiger partial charge in [-0.25, -0.2) is 13.1 Å². The summed E-state index contributed by atoms with van der Waals surface area (Å²) in [5, 5.41) is 0. The molecule has 0 amide bonds. The molecule has 0 aromatic heterocycles. The Labute approximate surface area is 116 Å². The van der Waals surface area contributed by atoms with Crippen molar-refractivity contribution in [3.8, 4) is 0 Å². The highest BCUT2D eigenvalue weighted by atomic mass is 32.2. The van der Waals surface area contributed by atoms with Crippen LogP contribution in [0.3, 0.4) is 0 Å². The maximum absolute atomic E-state index is 12.2. The Morgan fingerprint density at radius 3 is 2.16 bits per heavy atom. The third kappa shape index (κ3) is 4.30. The molecule has 1 aromatic rings. The molecular weight excluding hydrogens is 260 g/mol. The molecular formula is C14H24N2O2S. The third-order valence-corrected chi connectivity index (χ3v) is 5.17. The zero-order valence-electron chi connectivity index (χ0n) is 12.1. The molecule has 0 bridgehead atoms. The van der Waals surface area contributed by atoms with Gasteiger partial charge in [-0.1, -0.05) is 39.8 Å². The van der Waals surface area contributed by atoms with Crippen molar-refractivity contribution in [2.24, 2.45) is 17.1 Å². The van der Waals surface area contributed by atoms with Gasteiger partial charge < -0.3 is 5.73 Å². The lowest BCUT2D eigenvalue weighted by Crippen LogP contribution is -2.36. The summed E-state index contributed by atoms with van der Waals surface area (Å²) in [6.07, 6.45) is 0. The molecule has 0 unspecified atom stereocenters. The monoisotopic (exact) mass is 284 g/mol. The molecule has 0 aliphatic carbocycles. The molecule has 0 fully saturated rings. The summed E-state index contributed by atoms with van der Waals surface area (Å²) in [6, 6.07) is 6.66. The molecule has 0 atom stereocenters. The van der Waals surface area contributed by atoms with Crippen LogP contribution in [0.1, 0.15) is 33.3 Å². The molecule has 0 aliphatic rings. The zero-order chi connectivity index (χ0) is 14.7. The van der Waals surface area contributed by atoms with Gasteiger partial charge in [0.25, 0.3) is 0 Å². The topological polar surface area (TPSA) is 72.2 Å². The first-order chi connectivity index (χ1) is 8.69.